The fourth-order valence-electron chi connectivity index (χ4n) is 1.14. The molecular weight excluding hydrogens is 293 g/mol. The number of hydrogen-bond acceptors (Lipinski definition) is 4. The Kier molecular flexibility index (Phi) is 2.69. The van der Waals surface area contributed by atoms with E-state index >= 15 is 0 Å². The average molecular weight is 301 g/mol. The van der Waals surface area contributed by atoms with Crippen molar-refractivity contribution in [1.29, 1.82) is 0 Å². The molecule has 0 atom stereocenters. The van der Waals surface area contributed by atoms with Crippen LogP contribution in [0.4, 0.5) is 5.69 Å². The molecule has 5 heteroatoms. The molecule has 0 aliphatic carbocycles. The van der Waals surface area contributed by atoms with Gasteiger partial charge in [-0.1, -0.05) is 0 Å². The molecule has 2 rings (SSSR count). The second kappa shape index (κ2) is 3.97. The van der Waals surface area contributed by atoms with E-state index in [0.717, 1.165) is 20.7 Å². The van der Waals surface area contributed by atoms with Crippen LogP contribution in [0.2, 0.25) is 0 Å². The average Bonchev–Trinajstić information content (AvgIpc) is 2.65. The molecule has 0 unspecified atom stereocenters. The Morgan fingerprint density at radius 3 is 2.50 bits per heavy atom. The smallest absolute Gasteiger partial charge is 0.182 e. The summed E-state index contributed by atoms with van der Waals surface area (Å²) < 4.78 is 6.11. The summed E-state index contributed by atoms with van der Waals surface area (Å²) in [4.78, 5) is 4.02. The highest BCUT2D eigenvalue weighted by Crippen LogP contribution is 2.25. The van der Waals surface area contributed by atoms with Crippen molar-refractivity contribution in [2.45, 2.75) is 0 Å². The lowest BCUT2D eigenvalue weighted by molar-refractivity contribution is 0.571. The van der Waals surface area contributed by atoms with Gasteiger partial charge in [0.1, 0.15) is 3.70 Å². The van der Waals surface area contributed by atoms with Gasteiger partial charge in [0.2, 0.25) is 0 Å². The number of halogens is 1. The van der Waals surface area contributed by atoms with Crippen molar-refractivity contribution in [3.8, 4) is 11.3 Å². The second-order valence-electron chi connectivity index (χ2n) is 2.69. The fourth-order valence-corrected chi connectivity index (χ4v) is 1.69. The van der Waals surface area contributed by atoms with Crippen LogP contribution in [0.5, 0.6) is 0 Å². The molecule has 14 heavy (non-hydrogen) atoms. The van der Waals surface area contributed by atoms with E-state index in [2.05, 4.69) is 33.0 Å². The molecular formula is C9H8IN3O. The Bertz CT molecular complexity index is 424. The molecule has 4 nitrogen and oxygen atoms in total. The van der Waals surface area contributed by atoms with E-state index in [1.165, 1.54) is 6.39 Å². The first kappa shape index (κ1) is 9.47. The van der Waals surface area contributed by atoms with Gasteiger partial charge in [-0.3, -0.25) is 5.84 Å². The van der Waals surface area contributed by atoms with E-state index in [0.29, 0.717) is 0 Å². The number of hydrogen-bond donors (Lipinski definition) is 2. The predicted octanol–water partition coefficient (Wildman–Crippen LogP) is 2.23. The van der Waals surface area contributed by atoms with Crippen LogP contribution in [0, 0.1) is 3.70 Å². The van der Waals surface area contributed by atoms with Gasteiger partial charge in [-0.15, -0.1) is 0 Å². The van der Waals surface area contributed by atoms with Crippen molar-refractivity contribution < 1.29 is 4.42 Å². The lowest BCUT2D eigenvalue weighted by atomic mass is 10.2. The minimum Gasteiger partial charge on any atom is -0.442 e. The first-order valence-corrected chi connectivity index (χ1v) is 5.05. The second-order valence-corrected chi connectivity index (χ2v) is 3.72. The molecule has 0 bridgehead atoms. The summed E-state index contributed by atoms with van der Waals surface area (Å²) in [6.07, 6.45) is 1.44. The summed E-state index contributed by atoms with van der Waals surface area (Å²) in [6.45, 7) is 0. The zero-order chi connectivity index (χ0) is 9.97. The van der Waals surface area contributed by atoms with Crippen molar-refractivity contribution in [1.82, 2.24) is 4.98 Å². The first-order valence-electron chi connectivity index (χ1n) is 3.97. The minimum absolute atomic E-state index is 0.786. The van der Waals surface area contributed by atoms with Crippen molar-refractivity contribution in [3.63, 3.8) is 0 Å². The van der Waals surface area contributed by atoms with Gasteiger partial charge >= 0.3 is 0 Å². The molecule has 72 valence electrons. The molecule has 0 aliphatic heterocycles. The molecule has 0 radical (unpaired) electrons. The molecule has 0 amide bonds. The summed E-state index contributed by atoms with van der Waals surface area (Å²) in [6, 6.07) is 7.62. The Hall–Kier alpha value is -1.08. The predicted molar refractivity (Wildman–Crippen MR) is 62.5 cm³/mol. The highest BCUT2D eigenvalue weighted by Gasteiger charge is 2.06. The van der Waals surface area contributed by atoms with Crippen molar-refractivity contribution in [2.24, 2.45) is 5.84 Å². The summed E-state index contributed by atoms with van der Waals surface area (Å²) in [7, 11) is 0. The molecule has 1 aromatic carbocycles. The number of nitrogens with two attached hydrogens (primary N) is 1. The topological polar surface area (TPSA) is 64.1 Å². The zero-order valence-corrected chi connectivity index (χ0v) is 9.36. The lowest BCUT2D eigenvalue weighted by Gasteiger charge is -2.00. The van der Waals surface area contributed by atoms with Crippen LogP contribution < -0.4 is 11.3 Å². The first-order chi connectivity index (χ1) is 6.81. The Morgan fingerprint density at radius 2 is 2.00 bits per heavy atom. The van der Waals surface area contributed by atoms with Gasteiger partial charge < -0.3 is 9.84 Å². The molecule has 2 aromatic rings. The van der Waals surface area contributed by atoms with Crippen LogP contribution in [-0.4, -0.2) is 4.98 Å². The summed E-state index contributed by atoms with van der Waals surface area (Å²) in [5, 5.41) is 0. The van der Waals surface area contributed by atoms with Crippen LogP contribution in [0.1, 0.15) is 0 Å². The van der Waals surface area contributed by atoms with E-state index < -0.39 is 0 Å². The number of benzene rings is 1. The molecule has 0 fully saturated rings. The number of nitrogens with one attached hydrogen (secondary N) is 1. The Balaban J connectivity index is 2.39. The fraction of sp³-hybridized carbons (Fsp3) is 0. The highest BCUT2D eigenvalue weighted by atomic mass is 127. The molecule has 0 spiro atoms. The molecule has 3 N–H and O–H groups in total. The van der Waals surface area contributed by atoms with E-state index in [9.17, 15) is 0 Å². The Morgan fingerprint density at radius 1 is 1.29 bits per heavy atom. The third-order valence-corrected chi connectivity index (χ3v) is 2.61. The molecule has 0 aliphatic rings. The van der Waals surface area contributed by atoms with Gasteiger partial charge in [0.15, 0.2) is 12.2 Å². The summed E-state index contributed by atoms with van der Waals surface area (Å²) in [5.74, 6) is 6.05. The third kappa shape index (κ3) is 1.73. The monoisotopic (exact) mass is 301 g/mol. The normalized spacial score (nSPS) is 10.1. The van der Waals surface area contributed by atoms with E-state index in [4.69, 9.17) is 10.3 Å². The van der Waals surface area contributed by atoms with Gasteiger partial charge in [0.05, 0.1) is 0 Å². The molecule has 0 saturated carbocycles. The highest BCUT2D eigenvalue weighted by molar-refractivity contribution is 14.1. The van der Waals surface area contributed by atoms with Crippen molar-refractivity contribution in [3.05, 3.63) is 34.4 Å². The maximum Gasteiger partial charge on any atom is 0.182 e. The van der Waals surface area contributed by atoms with E-state index in [-0.39, 0.29) is 0 Å². The molecule has 1 heterocycles. The van der Waals surface area contributed by atoms with Crippen LogP contribution in [-0.2, 0) is 0 Å². The maximum absolute atomic E-state index is 5.26. The Labute approximate surface area is 94.6 Å². The largest absolute Gasteiger partial charge is 0.442 e. The summed E-state index contributed by atoms with van der Waals surface area (Å²) >= 11 is 2.13. The van der Waals surface area contributed by atoms with Gasteiger partial charge in [-0.25, -0.2) is 4.98 Å². The van der Waals surface area contributed by atoms with E-state index in [1.807, 2.05) is 24.3 Å². The number of rotatable bonds is 2. The van der Waals surface area contributed by atoms with Crippen LogP contribution >= 0.6 is 22.6 Å². The van der Waals surface area contributed by atoms with Crippen LogP contribution in [0.15, 0.2) is 35.1 Å². The number of nitrogen functional groups attached to an aromatic ring is 1. The van der Waals surface area contributed by atoms with Gasteiger partial charge in [0, 0.05) is 11.3 Å². The zero-order valence-electron chi connectivity index (χ0n) is 7.20. The number of oxazole rings is 1. The quantitative estimate of drug-likeness (QED) is 0.507. The van der Waals surface area contributed by atoms with Gasteiger partial charge in [0.25, 0.3) is 0 Å². The lowest BCUT2D eigenvalue weighted by Crippen LogP contribution is -2.05. The van der Waals surface area contributed by atoms with E-state index in [1.54, 1.807) is 0 Å². The third-order valence-electron chi connectivity index (χ3n) is 1.84. The van der Waals surface area contributed by atoms with Crippen LogP contribution in [0.3, 0.4) is 0 Å². The van der Waals surface area contributed by atoms with Gasteiger partial charge in [-0.05, 0) is 46.9 Å². The summed E-state index contributed by atoms with van der Waals surface area (Å²) in [5.41, 5.74) is 4.42. The molecule has 0 saturated heterocycles. The maximum atomic E-state index is 5.26. The number of aromatic nitrogens is 1. The van der Waals surface area contributed by atoms with Crippen molar-refractivity contribution >= 4 is 28.3 Å². The molecule has 1 aromatic heterocycles. The number of anilines is 1. The van der Waals surface area contributed by atoms with Crippen LogP contribution in [0.25, 0.3) is 11.3 Å². The van der Waals surface area contributed by atoms with Gasteiger partial charge in [-0.2, -0.15) is 0 Å². The SMILES string of the molecule is NNc1ccc(-c2ocnc2I)cc1. The number of hydrazine groups is 1. The number of nitrogens with zero attached hydrogens (tertiary/aromatic N) is 1. The standard InChI is InChI=1S/C9H8IN3O/c10-9-8(14-5-12-9)6-1-3-7(13-11)4-2-6/h1-5,13H,11H2. The van der Waals surface area contributed by atoms with Crippen molar-refractivity contribution in [2.75, 3.05) is 5.43 Å². The minimum atomic E-state index is 0.786.